The number of fused-ring (bicyclic) bond motifs is 2. The van der Waals surface area contributed by atoms with Crippen molar-refractivity contribution in [2.75, 3.05) is 34.7 Å². The average Bonchev–Trinajstić information content (AvgIpc) is 2.55. The number of nitrogens with zero attached hydrogens (tertiary/aromatic N) is 2. The third-order valence-corrected chi connectivity index (χ3v) is 5.21. The smallest absolute Gasteiger partial charge is 0.0783 e. The summed E-state index contributed by atoms with van der Waals surface area (Å²) in [5.74, 6) is 0.954. The molecule has 0 aliphatic carbocycles. The Balaban J connectivity index is 2.00. The fourth-order valence-corrected chi connectivity index (χ4v) is 4.03. The van der Waals surface area contributed by atoms with Crippen LogP contribution in [-0.4, -0.2) is 56.2 Å². The molecular weight excluding hydrogens is 220 g/mol. The van der Waals surface area contributed by atoms with Crippen molar-refractivity contribution in [3.8, 4) is 0 Å². The standard InChI is InChI=1S/C16H33N2/c1-17-15-9-5-6-11-16(17)14(8-7-10-15)12-13-18(2,3)4/h14-16H,5-13H2,1-4H3/q+1/t14-,15-,16+/m0/s1. The second-order valence-electron chi connectivity index (χ2n) is 7.66. The highest BCUT2D eigenvalue weighted by molar-refractivity contribution is 4.88. The molecule has 2 fully saturated rings. The van der Waals surface area contributed by atoms with Gasteiger partial charge in [0.2, 0.25) is 0 Å². The first-order valence-corrected chi connectivity index (χ1v) is 8.00. The molecule has 0 spiro atoms. The van der Waals surface area contributed by atoms with Crippen molar-refractivity contribution in [3.05, 3.63) is 0 Å². The molecular formula is C16H33N2+. The van der Waals surface area contributed by atoms with Gasteiger partial charge in [-0.1, -0.05) is 19.3 Å². The van der Waals surface area contributed by atoms with Gasteiger partial charge in [0.1, 0.15) is 0 Å². The lowest BCUT2D eigenvalue weighted by atomic mass is 9.88. The van der Waals surface area contributed by atoms with Gasteiger partial charge in [-0.25, -0.2) is 0 Å². The first-order valence-electron chi connectivity index (χ1n) is 8.00. The van der Waals surface area contributed by atoms with Gasteiger partial charge in [-0.05, 0) is 38.6 Å². The van der Waals surface area contributed by atoms with Crippen LogP contribution in [0.5, 0.6) is 0 Å². The van der Waals surface area contributed by atoms with Gasteiger partial charge < -0.3 is 9.38 Å². The number of rotatable bonds is 3. The van der Waals surface area contributed by atoms with Gasteiger partial charge in [0, 0.05) is 18.5 Å². The second-order valence-corrected chi connectivity index (χ2v) is 7.66. The molecule has 0 unspecified atom stereocenters. The molecule has 2 aliphatic heterocycles. The third kappa shape index (κ3) is 3.71. The van der Waals surface area contributed by atoms with E-state index in [1.807, 2.05) is 0 Å². The predicted octanol–water partition coefficient (Wildman–Crippen LogP) is 3.13. The van der Waals surface area contributed by atoms with Crippen LogP contribution >= 0.6 is 0 Å². The number of quaternary nitrogens is 1. The first-order chi connectivity index (χ1) is 8.47. The van der Waals surface area contributed by atoms with Crippen LogP contribution in [0.25, 0.3) is 0 Å². The van der Waals surface area contributed by atoms with Crippen LogP contribution < -0.4 is 0 Å². The van der Waals surface area contributed by atoms with Gasteiger partial charge in [-0.3, -0.25) is 0 Å². The molecule has 18 heavy (non-hydrogen) atoms. The van der Waals surface area contributed by atoms with Gasteiger partial charge >= 0.3 is 0 Å². The average molecular weight is 253 g/mol. The Hall–Kier alpha value is -0.0800. The summed E-state index contributed by atoms with van der Waals surface area (Å²) in [7, 11) is 9.40. The molecule has 106 valence electrons. The molecule has 2 bridgehead atoms. The minimum absolute atomic E-state index is 0.881. The maximum atomic E-state index is 2.76. The van der Waals surface area contributed by atoms with Crippen molar-refractivity contribution in [2.45, 2.75) is 63.5 Å². The number of hydrogen-bond acceptors (Lipinski definition) is 1. The quantitative estimate of drug-likeness (QED) is 0.699. The van der Waals surface area contributed by atoms with Crippen molar-refractivity contribution in [1.82, 2.24) is 4.90 Å². The highest BCUT2D eigenvalue weighted by Crippen LogP contribution is 2.35. The Morgan fingerprint density at radius 3 is 2.33 bits per heavy atom. The van der Waals surface area contributed by atoms with E-state index >= 15 is 0 Å². The third-order valence-electron chi connectivity index (χ3n) is 5.21. The summed E-state index contributed by atoms with van der Waals surface area (Å²) >= 11 is 0. The van der Waals surface area contributed by atoms with E-state index in [1.165, 1.54) is 57.9 Å². The van der Waals surface area contributed by atoms with Crippen LogP contribution in [0.4, 0.5) is 0 Å². The Morgan fingerprint density at radius 1 is 0.944 bits per heavy atom. The van der Waals surface area contributed by atoms with E-state index in [1.54, 1.807) is 0 Å². The molecule has 2 heteroatoms. The Labute approximate surface area is 114 Å². The van der Waals surface area contributed by atoms with Crippen LogP contribution in [0.3, 0.4) is 0 Å². The Morgan fingerprint density at radius 2 is 1.61 bits per heavy atom. The van der Waals surface area contributed by atoms with E-state index in [0.29, 0.717) is 0 Å². The summed E-state index contributed by atoms with van der Waals surface area (Å²) in [5.41, 5.74) is 0. The maximum absolute atomic E-state index is 2.76. The fourth-order valence-electron chi connectivity index (χ4n) is 4.03. The summed E-state index contributed by atoms with van der Waals surface area (Å²) in [5, 5.41) is 0. The van der Waals surface area contributed by atoms with Crippen LogP contribution in [0.1, 0.15) is 51.4 Å². The molecule has 0 aromatic heterocycles. The molecule has 0 saturated carbocycles. The molecule has 2 rings (SSSR count). The van der Waals surface area contributed by atoms with Crippen LogP contribution in [0.2, 0.25) is 0 Å². The van der Waals surface area contributed by atoms with E-state index in [-0.39, 0.29) is 0 Å². The lowest BCUT2D eigenvalue weighted by molar-refractivity contribution is -0.871. The van der Waals surface area contributed by atoms with Gasteiger partial charge in [0.25, 0.3) is 0 Å². The molecule has 0 amide bonds. The van der Waals surface area contributed by atoms with Gasteiger partial charge in [0.05, 0.1) is 27.7 Å². The summed E-state index contributed by atoms with van der Waals surface area (Å²) in [6, 6.07) is 1.78. The minimum atomic E-state index is 0.881. The zero-order valence-electron chi connectivity index (χ0n) is 13.0. The van der Waals surface area contributed by atoms with Crippen molar-refractivity contribution >= 4 is 0 Å². The predicted molar refractivity (Wildman–Crippen MR) is 78.7 cm³/mol. The highest BCUT2D eigenvalue weighted by atomic mass is 15.3. The van der Waals surface area contributed by atoms with Crippen LogP contribution in [0.15, 0.2) is 0 Å². The van der Waals surface area contributed by atoms with Crippen molar-refractivity contribution in [1.29, 1.82) is 0 Å². The lowest BCUT2D eigenvalue weighted by Gasteiger charge is -2.36. The Kier molecular flexibility index (Phi) is 4.71. The molecule has 0 aromatic carbocycles. The SMILES string of the molecule is CN1[C@H]2CCCC[C@@H]1[C@H](CC[N+](C)(C)C)CCC2. The molecule has 0 aromatic rings. The van der Waals surface area contributed by atoms with E-state index in [9.17, 15) is 0 Å². The summed E-state index contributed by atoms with van der Waals surface area (Å²) < 4.78 is 1.12. The Bertz CT molecular complexity index is 256. The topological polar surface area (TPSA) is 3.24 Å². The molecule has 0 radical (unpaired) electrons. The normalized spacial score (nSPS) is 35.0. The summed E-state index contributed by atoms with van der Waals surface area (Å²) in [6.07, 6.45) is 11.7. The molecule has 2 aliphatic rings. The van der Waals surface area contributed by atoms with Crippen molar-refractivity contribution < 1.29 is 4.48 Å². The second kappa shape index (κ2) is 5.92. The zero-order chi connectivity index (χ0) is 13.2. The molecule has 0 N–H and O–H groups in total. The molecule has 2 nitrogen and oxygen atoms in total. The highest BCUT2D eigenvalue weighted by Gasteiger charge is 2.34. The van der Waals surface area contributed by atoms with E-state index in [0.717, 1.165) is 22.5 Å². The summed E-state index contributed by atoms with van der Waals surface area (Å²) in [4.78, 5) is 2.76. The van der Waals surface area contributed by atoms with E-state index in [4.69, 9.17) is 0 Å². The largest absolute Gasteiger partial charge is 0.331 e. The van der Waals surface area contributed by atoms with E-state index < -0.39 is 0 Å². The lowest BCUT2D eigenvalue weighted by Crippen LogP contribution is -2.43. The maximum Gasteiger partial charge on any atom is 0.0783 e. The van der Waals surface area contributed by atoms with Gasteiger partial charge in [-0.15, -0.1) is 0 Å². The zero-order valence-corrected chi connectivity index (χ0v) is 13.0. The number of hydrogen-bond donors (Lipinski definition) is 0. The molecule has 3 atom stereocenters. The fraction of sp³-hybridized carbons (Fsp3) is 1.00. The summed E-state index contributed by atoms with van der Waals surface area (Å²) in [6.45, 7) is 1.33. The van der Waals surface area contributed by atoms with Crippen molar-refractivity contribution in [3.63, 3.8) is 0 Å². The van der Waals surface area contributed by atoms with Gasteiger partial charge in [-0.2, -0.15) is 0 Å². The first kappa shape index (κ1) is 14.3. The van der Waals surface area contributed by atoms with Crippen molar-refractivity contribution in [2.24, 2.45) is 5.92 Å². The minimum Gasteiger partial charge on any atom is -0.331 e. The van der Waals surface area contributed by atoms with Crippen LogP contribution in [0, 0.1) is 5.92 Å². The molecule has 2 heterocycles. The van der Waals surface area contributed by atoms with E-state index in [2.05, 4.69) is 33.1 Å². The van der Waals surface area contributed by atoms with Gasteiger partial charge in [0.15, 0.2) is 0 Å². The van der Waals surface area contributed by atoms with Crippen LogP contribution in [-0.2, 0) is 0 Å². The molecule has 2 saturated heterocycles. The monoisotopic (exact) mass is 253 g/mol.